The van der Waals surface area contributed by atoms with Crippen molar-refractivity contribution in [3.63, 3.8) is 0 Å². The van der Waals surface area contributed by atoms with E-state index in [-0.39, 0.29) is 17.1 Å². The number of thioether (sulfide) groups is 1. The quantitative estimate of drug-likeness (QED) is 0.792. The number of halogens is 2. The molecule has 112 valence electrons. The fraction of sp³-hybridized carbons (Fsp3) is 0.286. The van der Waals surface area contributed by atoms with Crippen molar-refractivity contribution in [1.29, 1.82) is 0 Å². The van der Waals surface area contributed by atoms with E-state index in [0.717, 1.165) is 12.1 Å². The van der Waals surface area contributed by atoms with Crippen LogP contribution in [0.1, 0.15) is 12.6 Å². The number of carbonyl (C=O) groups excluding carboxylic acids is 1. The Hall–Kier alpha value is -1.89. The van der Waals surface area contributed by atoms with Crippen molar-refractivity contribution in [3.05, 3.63) is 41.8 Å². The van der Waals surface area contributed by atoms with Gasteiger partial charge in [-0.15, -0.1) is 11.8 Å². The molecular weight excluding hydrogens is 300 g/mol. The first kappa shape index (κ1) is 15.5. The van der Waals surface area contributed by atoms with Gasteiger partial charge in [0.05, 0.1) is 18.1 Å². The molecule has 1 aromatic carbocycles. The van der Waals surface area contributed by atoms with E-state index in [1.165, 1.54) is 31.2 Å². The first-order valence-corrected chi connectivity index (χ1v) is 7.15. The van der Waals surface area contributed by atoms with Crippen molar-refractivity contribution in [2.75, 3.05) is 7.11 Å². The Morgan fingerprint density at radius 2 is 2.19 bits per heavy atom. The van der Waals surface area contributed by atoms with Crippen LogP contribution in [0.3, 0.4) is 0 Å². The van der Waals surface area contributed by atoms with Crippen LogP contribution in [-0.4, -0.2) is 23.3 Å². The zero-order valence-corrected chi connectivity index (χ0v) is 12.2. The second-order valence-corrected chi connectivity index (χ2v) is 5.58. The summed E-state index contributed by atoms with van der Waals surface area (Å²) in [6, 6.07) is 3.43. The van der Waals surface area contributed by atoms with E-state index >= 15 is 0 Å². The summed E-state index contributed by atoms with van der Waals surface area (Å²) in [4.78, 5) is 15.4. The first-order valence-electron chi connectivity index (χ1n) is 6.10. The van der Waals surface area contributed by atoms with Crippen LogP contribution in [0.2, 0.25) is 0 Å². The lowest BCUT2D eigenvalue weighted by molar-refractivity contribution is -0.139. The van der Waals surface area contributed by atoms with Crippen LogP contribution in [0.25, 0.3) is 11.5 Å². The van der Waals surface area contributed by atoms with Gasteiger partial charge in [0.25, 0.3) is 0 Å². The SMILES string of the molecule is COC(=O)[C@@H](C)SCc1coc(-c2ccc(F)c(F)c2)n1. The van der Waals surface area contributed by atoms with Crippen LogP contribution in [0.4, 0.5) is 8.78 Å². The summed E-state index contributed by atoms with van der Waals surface area (Å²) < 4.78 is 35.9. The van der Waals surface area contributed by atoms with Gasteiger partial charge in [-0.05, 0) is 25.1 Å². The maximum absolute atomic E-state index is 13.2. The van der Waals surface area contributed by atoms with E-state index in [2.05, 4.69) is 9.72 Å². The zero-order chi connectivity index (χ0) is 15.4. The van der Waals surface area contributed by atoms with Gasteiger partial charge in [-0.1, -0.05) is 0 Å². The number of hydrogen-bond acceptors (Lipinski definition) is 5. The van der Waals surface area contributed by atoms with E-state index in [4.69, 9.17) is 4.42 Å². The molecule has 21 heavy (non-hydrogen) atoms. The summed E-state index contributed by atoms with van der Waals surface area (Å²) in [6.45, 7) is 1.73. The smallest absolute Gasteiger partial charge is 0.318 e. The fourth-order valence-corrected chi connectivity index (χ4v) is 2.37. The third-order valence-corrected chi connectivity index (χ3v) is 3.89. The molecule has 4 nitrogen and oxygen atoms in total. The minimum absolute atomic E-state index is 0.204. The van der Waals surface area contributed by atoms with Gasteiger partial charge in [-0.3, -0.25) is 4.79 Å². The predicted molar refractivity (Wildman–Crippen MR) is 74.6 cm³/mol. The molecule has 0 aliphatic rings. The van der Waals surface area contributed by atoms with Gasteiger partial charge in [0.15, 0.2) is 11.6 Å². The largest absolute Gasteiger partial charge is 0.468 e. The Labute approximate surface area is 124 Å². The summed E-state index contributed by atoms with van der Waals surface area (Å²) in [5, 5.41) is -0.321. The Kier molecular flexibility index (Phi) is 4.95. The molecule has 7 heteroatoms. The molecule has 1 atom stereocenters. The molecule has 0 unspecified atom stereocenters. The van der Waals surface area contributed by atoms with E-state index in [0.29, 0.717) is 17.0 Å². The van der Waals surface area contributed by atoms with Gasteiger partial charge in [0.1, 0.15) is 6.26 Å². The minimum Gasteiger partial charge on any atom is -0.468 e. The van der Waals surface area contributed by atoms with Gasteiger partial charge in [0.2, 0.25) is 5.89 Å². The predicted octanol–water partition coefficient (Wildman–Crippen LogP) is 3.41. The molecule has 0 fully saturated rings. The number of esters is 1. The van der Waals surface area contributed by atoms with Crippen LogP contribution < -0.4 is 0 Å². The number of carbonyl (C=O) groups is 1. The molecule has 1 heterocycles. The summed E-state index contributed by atoms with van der Waals surface area (Å²) in [5.41, 5.74) is 0.960. The van der Waals surface area contributed by atoms with Gasteiger partial charge in [0, 0.05) is 11.3 Å². The number of oxazole rings is 1. The summed E-state index contributed by atoms with van der Waals surface area (Å²) in [6.07, 6.45) is 1.42. The molecule has 0 N–H and O–H groups in total. The van der Waals surface area contributed by atoms with Crippen molar-refractivity contribution in [2.45, 2.75) is 17.9 Å². The molecule has 2 aromatic rings. The van der Waals surface area contributed by atoms with Crippen LogP contribution in [0, 0.1) is 11.6 Å². The number of aromatic nitrogens is 1. The Bertz CT molecular complexity index is 645. The van der Waals surface area contributed by atoms with E-state index < -0.39 is 11.6 Å². The van der Waals surface area contributed by atoms with Gasteiger partial charge in [-0.25, -0.2) is 13.8 Å². The van der Waals surface area contributed by atoms with Crippen molar-refractivity contribution in [3.8, 4) is 11.5 Å². The van der Waals surface area contributed by atoms with Crippen molar-refractivity contribution in [2.24, 2.45) is 0 Å². The van der Waals surface area contributed by atoms with Crippen LogP contribution in [-0.2, 0) is 15.3 Å². The van der Waals surface area contributed by atoms with Crippen molar-refractivity contribution < 1.29 is 22.7 Å². The number of ether oxygens (including phenoxy) is 1. The average Bonchev–Trinajstić information content (AvgIpc) is 2.95. The van der Waals surface area contributed by atoms with Crippen LogP contribution in [0.15, 0.2) is 28.9 Å². The highest BCUT2D eigenvalue weighted by molar-refractivity contribution is 7.99. The summed E-state index contributed by atoms with van der Waals surface area (Å²) in [5.74, 6) is -1.54. The number of benzene rings is 1. The minimum atomic E-state index is -0.957. The average molecular weight is 313 g/mol. The van der Waals surface area contributed by atoms with Crippen molar-refractivity contribution in [1.82, 2.24) is 4.98 Å². The molecule has 2 rings (SSSR count). The second-order valence-electron chi connectivity index (χ2n) is 4.25. The van der Waals surface area contributed by atoms with E-state index in [9.17, 15) is 13.6 Å². The van der Waals surface area contributed by atoms with Gasteiger partial charge >= 0.3 is 5.97 Å². The Balaban J connectivity index is 2.04. The van der Waals surface area contributed by atoms with Gasteiger partial charge in [-0.2, -0.15) is 0 Å². The standard InChI is InChI=1S/C14H13F2NO3S/c1-8(14(18)19-2)21-7-10-6-20-13(17-10)9-3-4-11(15)12(16)5-9/h3-6,8H,7H2,1-2H3/t8-/m1/s1. The number of rotatable bonds is 5. The normalized spacial score (nSPS) is 12.2. The highest BCUT2D eigenvalue weighted by Gasteiger charge is 2.15. The number of hydrogen-bond donors (Lipinski definition) is 0. The topological polar surface area (TPSA) is 52.3 Å². The monoisotopic (exact) mass is 313 g/mol. The van der Waals surface area contributed by atoms with E-state index in [1.54, 1.807) is 6.92 Å². The molecule has 0 saturated carbocycles. The number of methoxy groups -OCH3 is 1. The van der Waals surface area contributed by atoms with E-state index in [1.807, 2.05) is 0 Å². The fourth-order valence-electron chi connectivity index (χ4n) is 1.58. The number of nitrogens with zero attached hydrogens (tertiary/aromatic N) is 1. The lowest BCUT2D eigenvalue weighted by Gasteiger charge is -2.06. The first-order chi connectivity index (χ1) is 10.0. The van der Waals surface area contributed by atoms with Crippen LogP contribution in [0.5, 0.6) is 0 Å². The molecule has 0 saturated heterocycles. The van der Waals surface area contributed by atoms with Gasteiger partial charge < -0.3 is 9.15 Å². The molecule has 0 aliphatic heterocycles. The zero-order valence-electron chi connectivity index (χ0n) is 11.4. The van der Waals surface area contributed by atoms with Crippen LogP contribution >= 0.6 is 11.8 Å². The molecule has 0 radical (unpaired) electrons. The molecule has 0 bridgehead atoms. The Morgan fingerprint density at radius 3 is 2.86 bits per heavy atom. The maximum atomic E-state index is 13.2. The highest BCUT2D eigenvalue weighted by Crippen LogP contribution is 2.24. The lowest BCUT2D eigenvalue weighted by atomic mass is 10.2. The third kappa shape index (κ3) is 3.81. The highest BCUT2D eigenvalue weighted by atomic mass is 32.2. The molecule has 0 spiro atoms. The molecule has 0 aliphatic carbocycles. The molecule has 0 amide bonds. The lowest BCUT2D eigenvalue weighted by Crippen LogP contribution is -2.14. The molecular formula is C14H13F2NO3S. The maximum Gasteiger partial charge on any atom is 0.318 e. The summed E-state index contributed by atoms with van der Waals surface area (Å²) in [7, 11) is 1.33. The summed E-state index contributed by atoms with van der Waals surface area (Å²) >= 11 is 1.35. The third-order valence-electron chi connectivity index (χ3n) is 2.73. The second kappa shape index (κ2) is 6.71. The van der Waals surface area contributed by atoms with Crippen molar-refractivity contribution >= 4 is 17.7 Å². The Morgan fingerprint density at radius 1 is 1.43 bits per heavy atom. The molecule has 1 aromatic heterocycles.